The monoisotopic (exact) mass is 257 g/mol. The third-order valence-electron chi connectivity index (χ3n) is 2.98. The second kappa shape index (κ2) is 4.72. The van der Waals surface area contributed by atoms with Crippen LogP contribution in [0, 0.1) is 0 Å². The highest BCUT2D eigenvalue weighted by Crippen LogP contribution is 2.29. The van der Waals surface area contributed by atoms with E-state index in [4.69, 9.17) is 17.3 Å². The van der Waals surface area contributed by atoms with Gasteiger partial charge in [-0.2, -0.15) is 11.8 Å². The number of hydrogen-bond donors (Lipinski definition) is 1. The minimum absolute atomic E-state index is 0.462. The van der Waals surface area contributed by atoms with E-state index in [1.165, 1.54) is 0 Å². The quantitative estimate of drug-likeness (QED) is 0.786. The first-order valence-electron chi connectivity index (χ1n) is 5.39. The van der Waals surface area contributed by atoms with E-state index in [9.17, 15) is 0 Å². The van der Waals surface area contributed by atoms with Gasteiger partial charge in [0.1, 0.15) is 11.0 Å². The van der Waals surface area contributed by atoms with Crippen molar-refractivity contribution >= 4 is 34.9 Å². The summed E-state index contributed by atoms with van der Waals surface area (Å²) in [5.74, 6) is 2.02. The van der Waals surface area contributed by atoms with Gasteiger partial charge in [0.15, 0.2) is 0 Å². The third-order valence-corrected chi connectivity index (χ3v) is 4.51. The number of hydrogen-bond acceptors (Lipinski definition) is 4. The van der Waals surface area contributed by atoms with Crippen LogP contribution >= 0.6 is 23.4 Å². The van der Waals surface area contributed by atoms with E-state index >= 15 is 0 Å². The Balaban J connectivity index is 2.28. The average molecular weight is 258 g/mol. The molecule has 1 aliphatic heterocycles. The summed E-state index contributed by atoms with van der Waals surface area (Å²) >= 11 is 7.93. The van der Waals surface area contributed by atoms with Gasteiger partial charge in [-0.3, -0.25) is 0 Å². The fraction of sp³-hybridized carbons (Fsp3) is 0.545. The first-order chi connectivity index (χ1) is 7.58. The van der Waals surface area contributed by atoms with Gasteiger partial charge < -0.3 is 10.6 Å². The molecular formula is C11H16ClN3S. The Bertz CT molecular complexity index is 365. The second-order valence-corrected chi connectivity index (χ2v) is 5.96. The maximum atomic E-state index is 5.93. The number of halogens is 1. The lowest BCUT2D eigenvalue weighted by Gasteiger charge is -2.38. The maximum absolute atomic E-state index is 5.93. The van der Waals surface area contributed by atoms with Gasteiger partial charge in [-0.05, 0) is 13.0 Å². The summed E-state index contributed by atoms with van der Waals surface area (Å²) in [7, 11) is 0. The molecule has 0 spiro atoms. The third kappa shape index (κ3) is 2.38. The summed E-state index contributed by atoms with van der Waals surface area (Å²) in [6.07, 6.45) is 0. The lowest BCUT2D eigenvalue weighted by molar-refractivity contribution is 0.620. The summed E-state index contributed by atoms with van der Waals surface area (Å²) in [4.78, 5) is 6.63. The number of rotatable bonds is 1. The van der Waals surface area contributed by atoms with E-state index in [-0.39, 0.29) is 0 Å². The molecule has 1 saturated heterocycles. The molecule has 0 aliphatic carbocycles. The van der Waals surface area contributed by atoms with Gasteiger partial charge in [0.05, 0.1) is 0 Å². The van der Waals surface area contributed by atoms with Crippen LogP contribution in [0.4, 0.5) is 11.5 Å². The van der Waals surface area contributed by atoms with E-state index < -0.39 is 0 Å². The smallest absolute Gasteiger partial charge is 0.133 e. The van der Waals surface area contributed by atoms with E-state index in [1.807, 2.05) is 17.8 Å². The predicted molar refractivity (Wildman–Crippen MR) is 72.4 cm³/mol. The fourth-order valence-electron chi connectivity index (χ4n) is 1.91. The topological polar surface area (TPSA) is 42.1 Å². The van der Waals surface area contributed by atoms with Crippen molar-refractivity contribution in [2.45, 2.75) is 25.1 Å². The summed E-state index contributed by atoms with van der Waals surface area (Å²) in [5.41, 5.74) is 6.46. The van der Waals surface area contributed by atoms with Gasteiger partial charge in [-0.1, -0.05) is 18.5 Å². The minimum atomic E-state index is 0.462. The molecule has 0 aromatic carbocycles. The first-order valence-corrected chi connectivity index (χ1v) is 6.82. The molecule has 2 heterocycles. The highest BCUT2D eigenvalue weighted by atomic mass is 35.5. The molecule has 1 fully saturated rings. The molecule has 88 valence electrons. The molecule has 2 rings (SSSR count). The lowest BCUT2D eigenvalue weighted by Crippen LogP contribution is -2.45. The van der Waals surface area contributed by atoms with Gasteiger partial charge in [0.25, 0.3) is 0 Å². The zero-order chi connectivity index (χ0) is 11.7. The van der Waals surface area contributed by atoms with E-state index in [2.05, 4.69) is 23.7 Å². The Morgan fingerprint density at radius 3 is 2.94 bits per heavy atom. The molecule has 0 bridgehead atoms. The van der Waals surface area contributed by atoms with Crippen LogP contribution in [0.3, 0.4) is 0 Å². The van der Waals surface area contributed by atoms with Crippen LogP contribution in [0.5, 0.6) is 0 Å². The molecule has 5 heteroatoms. The molecule has 0 saturated carbocycles. The van der Waals surface area contributed by atoms with Gasteiger partial charge in [0, 0.05) is 35.3 Å². The summed E-state index contributed by atoms with van der Waals surface area (Å²) < 4.78 is 0. The SMILES string of the molecule is CC1SCCN(c2cc(N)cc(Cl)n2)C1C. The molecule has 3 nitrogen and oxygen atoms in total. The van der Waals surface area contributed by atoms with Gasteiger partial charge in [0.2, 0.25) is 0 Å². The van der Waals surface area contributed by atoms with Crippen LogP contribution in [0.15, 0.2) is 12.1 Å². The Labute approximate surface area is 105 Å². The van der Waals surface area contributed by atoms with Crippen molar-refractivity contribution in [2.75, 3.05) is 22.9 Å². The normalized spacial score (nSPS) is 25.8. The van der Waals surface area contributed by atoms with Crippen LogP contribution in [0.1, 0.15) is 13.8 Å². The number of anilines is 2. The van der Waals surface area contributed by atoms with Crippen LogP contribution in [0.25, 0.3) is 0 Å². The molecule has 1 aromatic rings. The van der Waals surface area contributed by atoms with E-state index in [0.29, 0.717) is 22.1 Å². The molecule has 1 aliphatic rings. The number of nitrogens with zero attached hydrogens (tertiary/aromatic N) is 2. The average Bonchev–Trinajstić information content (AvgIpc) is 2.20. The summed E-state index contributed by atoms with van der Waals surface area (Å²) in [6, 6.07) is 4.03. The predicted octanol–water partition coefficient (Wildman–Crippen LogP) is 2.65. The summed E-state index contributed by atoms with van der Waals surface area (Å²) in [6.45, 7) is 5.47. The number of thioether (sulfide) groups is 1. The molecular weight excluding hydrogens is 242 g/mol. The molecule has 2 N–H and O–H groups in total. The van der Waals surface area contributed by atoms with Crippen molar-refractivity contribution in [3.63, 3.8) is 0 Å². The molecule has 1 aromatic heterocycles. The molecule has 16 heavy (non-hydrogen) atoms. The number of nitrogen functional groups attached to an aromatic ring is 1. The molecule has 0 radical (unpaired) electrons. The molecule has 0 amide bonds. The number of aromatic nitrogens is 1. The summed E-state index contributed by atoms with van der Waals surface area (Å²) in [5, 5.41) is 1.07. The largest absolute Gasteiger partial charge is 0.399 e. The van der Waals surface area contributed by atoms with E-state index in [0.717, 1.165) is 18.1 Å². The van der Waals surface area contributed by atoms with E-state index in [1.54, 1.807) is 6.07 Å². The second-order valence-electron chi connectivity index (χ2n) is 4.09. The van der Waals surface area contributed by atoms with Gasteiger partial charge >= 0.3 is 0 Å². The van der Waals surface area contributed by atoms with Gasteiger partial charge in [-0.15, -0.1) is 0 Å². The Kier molecular flexibility index (Phi) is 3.50. The van der Waals surface area contributed by atoms with Crippen molar-refractivity contribution in [1.29, 1.82) is 0 Å². The fourth-order valence-corrected chi connectivity index (χ4v) is 3.22. The standard InChI is InChI=1S/C11H16ClN3S/c1-7-8(2)16-4-3-15(7)11-6-9(13)5-10(12)14-11/h5-8H,3-4H2,1-2H3,(H2,13,14). The van der Waals surface area contributed by atoms with Crippen molar-refractivity contribution in [3.8, 4) is 0 Å². The highest BCUT2D eigenvalue weighted by Gasteiger charge is 2.26. The molecule has 2 unspecified atom stereocenters. The number of pyridine rings is 1. The van der Waals surface area contributed by atoms with Crippen LogP contribution in [-0.4, -0.2) is 28.6 Å². The van der Waals surface area contributed by atoms with Crippen LogP contribution < -0.4 is 10.6 Å². The first kappa shape index (κ1) is 11.9. The lowest BCUT2D eigenvalue weighted by atomic mass is 10.2. The van der Waals surface area contributed by atoms with Crippen molar-refractivity contribution in [1.82, 2.24) is 4.98 Å². The zero-order valence-electron chi connectivity index (χ0n) is 9.48. The highest BCUT2D eigenvalue weighted by molar-refractivity contribution is 8.00. The van der Waals surface area contributed by atoms with Crippen LogP contribution in [0.2, 0.25) is 5.15 Å². The van der Waals surface area contributed by atoms with Gasteiger partial charge in [-0.25, -0.2) is 4.98 Å². The minimum Gasteiger partial charge on any atom is -0.399 e. The zero-order valence-corrected chi connectivity index (χ0v) is 11.1. The number of nitrogens with two attached hydrogens (primary N) is 1. The van der Waals surface area contributed by atoms with Crippen molar-refractivity contribution in [2.24, 2.45) is 0 Å². The molecule has 2 atom stereocenters. The Morgan fingerprint density at radius 1 is 1.50 bits per heavy atom. The maximum Gasteiger partial charge on any atom is 0.133 e. The Hall–Kier alpha value is -0.610. The van der Waals surface area contributed by atoms with Crippen molar-refractivity contribution in [3.05, 3.63) is 17.3 Å². The van der Waals surface area contributed by atoms with Crippen LogP contribution in [-0.2, 0) is 0 Å². The van der Waals surface area contributed by atoms with Crippen molar-refractivity contribution < 1.29 is 0 Å². The Morgan fingerprint density at radius 2 is 2.25 bits per heavy atom.